The molecule has 0 fully saturated rings. The fourth-order valence-electron chi connectivity index (χ4n) is 2.75. The molecule has 0 aliphatic carbocycles. The van der Waals surface area contributed by atoms with Gasteiger partial charge in [-0.05, 0) is 31.2 Å². The Kier molecular flexibility index (Phi) is 6.92. The summed E-state index contributed by atoms with van der Waals surface area (Å²) in [6.07, 6.45) is 0. The molecule has 0 saturated carbocycles. The molecule has 30 heavy (non-hydrogen) atoms. The molecule has 0 aliphatic heterocycles. The fraction of sp³-hybridized carbons (Fsp3) is 0.182. The van der Waals surface area contributed by atoms with E-state index in [4.69, 9.17) is 0 Å². The van der Waals surface area contributed by atoms with Crippen LogP contribution in [0, 0.1) is 6.92 Å². The molecule has 7 nitrogen and oxygen atoms in total. The van der Waals surface area contributed by atoms with E-state index in [1.54, 1.807) is 24.3 Å². The summed E-state index contributed by atoms with van der Waals surface area (Å²) in [5, 5.41) is 9.02. The normalized spacial score (nSPS) is 10.3. The highest BCUT2D eigenvalue weighted by molar-refractivity contribution is 7.17. The summed E-state index contributed by atoms with van der Waals surface area (Å²) in [4.78, 5) is 40.7. The van der Waals surface area contributed by atoms with E-state index in [9.17, 15) is 14.4 Å². The molecular weight excluding hydrogens is 400 g/mol. The average Bonchev–Trinajstić information content (AvgIpc) is 3.13. The lowest BCUT2D eigenvalue weighted by Gasteiger charge is -2.07. The number of benzene rings is 2. The lowest BCUT2D eigenvalue weighted by molar-refractivity contribution is -0.114. The Hall–Kier alpha value is -3.52. The number of rotatable bonds is 7. The maximum Gasteiger partial charge on any atom is 0.263 e. The number of nitrogens with one attached hydrogen (secondary N) is 3. The van der Waals surface area contributed by atoms with Gasteiger partial charge in [0.25, 0.3) is 11.8 Å². The minimum Gasteiger partial charge on any atom is -0.350 e. The third kappa shape index (κ3) is 5.51. The van der Waals surface area contributed by atoms with Crippen molar-refractivity contribution in [3.05, 3.63) is 70.7 Å². The van der Waals surface area contributed by atoms with Gasteiger partial charge in [0.05, 0.1) is 5.69 Å². The van der Waals surface area contributed by atoms with Crippen LogP contribution in [0.2, 0.25) is 0 Å². The van der Waals surface area contributed by atoms with Gasteiger partial charge in [-0.3, -0.25) is 14.4 Å². The zero-order valence-corrected chi connectivity index (χ0v) is 17.5. The Morgan fingerprint density at radius 1 is 0.900 bits per heavy atom. The molecule has 3 amide bonds. The van der Waals surface area contributed by atoms with E-state index < -0.39 is 0 Å². The predicted molar refractivity (Wildman–Crippen MR) is 118 cm³/mol. The number of aromatic nitrogens is 1. The first kappa shape index (κ1) is 21.2. The van der Waals surface area contributed by atoms with Gasteiger partial charge in [-0.25, -0.2) is 4.98 Å². The van der Waals surface area contributed by atoms with E-state index in [0.717, 1.165) is 10.6 Å². The van der Waals surface area contributed by atoms with Crippen molar-refractivity contribution in [2.24, 2.45) is 0 Å². The van der Waals surface area contributed by atoms with Crippen LogP contribution in [0.1, 0.15) is 32.6 Å². The highest BCUT2D eigenvalue weighted by Crippen LogP contribution is 2.27. The van der Waals surface area contributed by atoms with Crippen LogP contribution in [-0.2, 0) is 4.79 Å². The van der Waals surface area contributed by atoms with E-state index in [2.05, 4.69) is 20.9 Å². The molecule has 0 radical (unpaired) electrons. The van der Waals surface area contributed by atoms with E-state index in [-0.39, 0.29) is 17.7 Å². The molecule has 0 spiro atoms. The molecule has 2 aromatic carbocycles. The molecule has 1 heterocycles. The minimum atomic E-state index is -0.251. The van der Waals surface area contributed by atoms with Crippen molar-refractivity contribution in [2.75, 3.05) is 18.4 Å². The van der Waals surface area contributed by atoms with Crippen LogP contribution >= 0.6 is 11.3 Å². The van der Waals surface area contributed by atoms with Crippen molar-refractivity contribution in [1.29, 1.82) is 0 Å². The quantitative estimate of drug-likeness (QED) is 0.509. The van der Waals surface area contributed by atoms with Crippen molar-refractivity contribution < 1.29 is 14.4 Å². The van der Waals surface area contributed by atoms with Crippen LogP contribution in [-0.4, -0.2) is 35.8 Å². The van der Waals surface area contributed by atoms with Gasteiger partial charge in [0, 0.05) is 36.8 Å². The van der Waals surface area contributed by atoms with Crippen molar-refractivity contribution in [3.8, 4) is 10.6 Å². The van der Waals surface area contributed by atoms with Crippen LogP contribution in [0.3, 0.4) is 0 Å². The maximum atomic E-state index is 12.5. The first-order valence-corrected chi connectivity index (χ1v) is 10.2. The largest absolute Gasteiger partial charge is 0.350 e. The number of carbonyl (C=O) groups excluding carboxylic acids is 3. The number of hydrogen-bond acceptors (Lipinski definition) is 5. The Morgan fingerprint density at radius 3 is 2.17 bits per heavy atom. The van der Waals surface area contributed by atoms with Gasteiger partial charge in [0.15, 0.2) is 0 Å². The van der Waals surface area contributed by atoms with Crippen LogP contribution in [0.4, 0.5) is 5.69 Å². The number of amides is 3. The van der Waals surface area contributed by atoms with E-state index >= 15 is 0 Å². The van der Waals surface area contributed by atoms with Crippen molar-refractivity contribution in [1.82, 2.24) is 15.6 Å². The lowest BCUT2D eigenvalue weighted by Crippen LogP contribution is -2.34. The number of anilines is 1. The zero-order valence-electron chi connectivity index (χ0n) is 16.7. The summed E-state index contributed by atoms with van der Waals surface area (Å²) in [6, 6.07) is 16.3. The van der Waals surface area contributed by atoms with Crippen LogP contribution in [0.15, 0.2) is 54.6 Å². The molecule has 154 valence electrons. The van der Waals surface area contributed by atoms with E-state index in [0.29, 0.717) is 34.9 Å². The molecule has 0 saturated heterocycles. The number of aryl methyl sites for hydroxylation is 1. The zero-order chi connectivity index (χ0) is 21.5. The first-order chi connectivity index (χ1) is 14.4. The minimum absolute atomic E-state index is 0.171. The summed E-state index contributed by atoms with van der Waals surface area (Å²) < 4.78 is 0. The Labute approximate surface area is 178 Å². The number of hydrogen-bond donors (Lipinski definition) is 3. The molecule has 3 rings (SSSR count). The monoisotopic (exact) mass is 422 g/mol. The van der Waals surface area contributed by atoms with Crippen LogP contribution < -0.4 is 16.0 Å². The third-order valence-corrected chi connectivity index (χ3v) is 5.39. The van der Waals surface area contributed by atoms with Crippen molar-refractivity contribution >= 4 is 34.7 Å². The van der Waals surface area contributed by atoms with Gasteiger partial charge in [0.1, 0.15) is 9.88 Å². The van der Waals surface area contributed by atoms with Gasteiger partial charge in [-0.1, -0.05) is 30.3 Å². The molecular formula is C22H22N4O3S. The second kappa shape index (κ2) is 9.80. The fourth-order valence-corrected chi connectivity index (χ4v) is 3.74. The summed E-state index contributed by atoms with van der Waals surface area (Å²) in [5.74, 6) is -0.630. The molecule has 0 bridgehead atoms. The molecule has 0 atom stereocenters. The van der Waals surface area contributed by atoms with Crippen molar-refractivity contribution in [3.63, 3.8) is 0 Å². The molecule has 8 heteroatoms. The standard InChI is InChI=1S/C22H22N4O3S/c1-14-19(30-22(25-14)17-6-4-3-5-7-17)21(29)24-13-12-23-20(28)16-8-10-18(11-9-16)26-15(2)27/h3-11H,12-13H2,1-2H3,(H,23,28)(H,24,29)(H,26,27). The highest BCUT2D eigenvalue weighted by atomic mass is 32.1. The van der Waals surface area contributed by atoms with Crippen LogP contribution in [0.5, 0.6) is 0 Å². The first-order valence-electron chi connectivity index (χ1n) is 9.41. The Bertz CT molecular complexity index is 1050. The number of thiazole rings is 1. The molecule has 3 aromatic rings. The summed E-state index contributed by atoms with van der Waals surface area (Å²) in [6.45, 7) is 3.82. The highest BCUT2D eigenvalue weighted by Gasteiger charge is 2.16. The summed E-state index contributed by atoms with van der Waals surface area (Å²) in [7, 11) is 0. The van der Waals surface area contributed by atoms with E-state index in [1.165, 1.54) is 18.3 Å². The topological polar surface area (TPSA) is 100 Å². The second-order valence-corrected chi connectivity index (χ2v) is 7.57. The molecule has 3 N–H and O–H groups in total. The summed E-state index contributed by atoms with van der Waals surface area (Å²) in [5.41, 5.74) is 2.75. The second-order valence-electron chi connectivity index (χ2n) is 6.57. The van der Waals surface area contributed by atoms with Gasteiger partial charge in [-0.15, -0.1) is 11.3 Å². The van der Waals surface area contributed by atoms with Gasteiger partial charge in [0.2, 0.25) is 5.91 Å². The van der Waals surface area contributed by atoms with Crippen LogP contribution in [0.25, 0.3) is 10.6 Å². The third-order valence-electron chi connectivity index (χ3n) is 4.19. The van der Waals surface area contributed by atoms with Crippen molar-refractivity contribution in [2.45, 2.75) is 13.8 Å². The van der Waals surface area contributed by atoms with Gasteiger partial charge >= 0.3 is 0 Å². The molecule has 1 aromatic heterocycles. The van der Waals surface area contributed by atoms with Gasteiger partial charge < -0.3 is 16.0 Å². The predicted octanol–water partition coefficient (Wildman–Crippen LogP) is 3.24. The average molecular weight is 423 g/mol. The van der Waals surface area contributed by atoms with Gasteiger partial charge in [-0.2, -0.15) is 0 Å². The SMILES string of the molecule is CC(=O)Nc1ccc(C(=O)NCCNC(=O)c2sc(-c3ccccc3)nc2C)cc1. The smallest absolute Gasteiger partial charge is 0.263 e. The number of carbonyl (C=O) groups is 3. The lowest BCUT2D eigenvalue weighted by atomic mass is 10.2. The maximum absolute atomic E-state index is 12.5. The Balaban J connectivity index is 1.48. The van der Waals surface area contributed by atoms with E-state index in [1.807, 2.05) is 37.3 Å². The molecule has 0 unspecified atom stereocenters. The molecule has 0 aliphatic rings. The summed E-state index contributed by atoms with van der Waals surface area (Å²) >= 11 is 1.35. The Morgan fingerprint density at radius 2 is 1.53 bits per heavy atom. The number of nitrogens with zero attached hydrogens (tertiary/aromatic N) is 1.